The summed E-state index contributed by atoms with van der Waals surface area (Å²) in [7, 11) is 1.66. The third-order valence-corrected chi connectivity index (χ3v) is 9.82. The molecule has 1 aliphatic heterocycles. The van der Waals surface area contributed by atoms with Crippen LogP contribution in [-0.4, -0.2) is 129 Å². The number of benzene rings is 1. The second-order valence-corrected chi connectivity index (χ2v) is 14.4. The standard InChI is InChI=1S/C37H53ClN10O6/c1-26-21-46(22-27(2)53-26)31-7-9-32(10-8-31)48-24-34(36(43-48)52-13-5-12-50-16-17-51-15-14-49-4)42-37-39-19-30(20-40-37)29-6-11-33(38)35(18-29)54-28(3)23-47-25-41-44-45-47/h6,11,18-20,24-28,31-32H,5,7-10,12-17,21-23H2,1-4H3,(H,39,40,42)/t26-,27+,28-,31-,32-/m0/s1. The highest BCUT2D eigenvalue weighted by Gasteiger charge is 2.32. The summed E-state index contributed by atoms with van der Waals surface area (Å²) in [6.07, 6.45) is 12.4. The van der Waals surface area contributed by atoms with Crippen molar-refractivity contribution >= 4 is 23.2 Å². The molecule has 3 atom stereocenters. The number of anilines is 2. The molecule has 2 fully saturated rings. The number of halogens is 1. The van der Waals surface area contributed by atoms with E-state index in [9.17, 15) is 0 Å². The Balaban J connectivity index is 1.08. The lowest BCUT2D eigenvalue weighted by atomic mass is 9.89. The smallest absolute Gasteiger partial charge is 0.256 e. The van der Waals surface area contributed by atoms with Gasteiger partial charge in [0.1, 0.15) is 23.9 Å². The molecule has 16 nitrogen and oxygen atoms in total. The summed E-state index contributed by atoms with van der Waals surface area (Å²) in [6, 6.07) is 6.44. The number of morpholine rings is 1. The summed E-state index contributed by atoms with van der Waals surface area (Å²) < 4.78 is 38.2. The lowest BCUT2D eigenvalue weighted by molar-refractivity contribution is -0.0852. The van der Waals surface area contributed by atoms with E-state index >= 15 is 0 Å². The predicted molar refractivity (Wildman–Crippen MR) is 202 cm³/mol. The van der Waals surface area contributed by atoms with Crippen LogP contribution in [0.25, 0.3) is 11.1 Å². The van der Waals surface area contributed by atoms with Gasteiger partial charge in [-0.15, -0.1) is 10.2 Å². The zero-order valence-electron chi connectivity index (χ0n) is 31.7. The van der Waals surface area contributed by atoms with Gasteiger partial charge in [0.15, 0.2) is 0 Å². The molecule has 0 spiro atoms. The van der Waals surface area contributed by atoms with Crippen LogP contribution >= 0.6 is 11.6 Å². The second-order valence-electron chi connectivity index (χ2n) is 13.9. The maximum atomic E-state index is 6.48. The molecule has 294 valence electrons. The highest BCUT2D eigenvalue weighted by molar-refractivity contribution is 6.32. The van der Waals surface area contributed by atoms with Crippen molar-refractivity contribution in [2.75, 3.05) is 65.2 Å². The summed E-state index contributed by atoms with van der Waals surface area (Å²) in [5, 5.41) is 20.0. The summed E-state index contributed by atoms with van der Waals surface area (Å²) in [4.78, 5) is 11.9. The molecule has 0 amide bonds. The molecule has 1 aliphatic carbocycles. The maximum Gasteiger partial charge on any atom is 0.256 e. The van der Waals surface area contributed by atoms with Crippen LogP contribution in [-0.2, 0) is 25.5 Å². The van der Waals surface area contributed by atoms with E-state index in [1.165, 1.54) is 0 Å². The summed E-state index contributed by atoms with van der Waals surface area (Å²) in [5.41, 5.74) is 2.40. The third kappa shape index (κ3) is 11.5. The molecular weight excluding hydrogens is 716 g/mol. The van der Waals surface area contributed by atoms with E-state index in [1.54, 1.807) is 36.6 Å². The van der Waals surface area contributed by atoms with Crippen molar-refractivity contribution in [3.63, 3.8) is 0 Å². The molecule has 54 heavy (non-hydrogen) atoms. The van der Waals surface area contributed by atoms with Crippen molar-refractivity contribution in [2.45, 2.75) is 89.8 Å². The minimum Gasteiger partial charge on any atom is -0.487 e. The Morgan fingerprint density at radius 3 is 2.37 bits per heavy atom. The van der Waals surface area contributed by atoms with Crippen molar-refractivity contribution < 1.29 is 28.4 Å². The molecule has 6 rings (SSSR count). The van der Waals surface area contributed by atoms with Crippen LogP contribution in [0.3, 0.4) is 0 Å². The molecule has 0 bridgehead atoms. The normalized spacial score (nSPS) is 21.2. The van der Waals surface area contributed by atoms with Gasteiger partial charge < -0.3 is 33.7 Å². The molecule has 0 unspecified atom stereocenters. The minimum atomic E-state index is -0.216. The number of tetrazole rings is 1. The van der Waals surface area contributed by atoms with Crippen molar-refractivity contribution in [3.8, 4) is 22.8 Å². The Labute approximate surface area is 321 Å². The van der Waals surface area contributed by atoms with Crippen LogP contribution in [0.1, 0.15) is 58.9 Å². The fourth-order valence-electron chi connectivity index (χ4n) is 6.97. The van der Waals surface area contributed by atoms with Crippen molar-refractivity contribution in [1.29, 1.82) is 0 Å². The summed E-state index contributed by atoms with van der Waals surface area (Å²) in [5.74, 6) is 1.49. The second kappa shape index (κ2) is 20.1. The lowest BCUT2D eigenvalue weighted by Gasteiger charge is -2.42. The van der Waals surface area contributed by atoms with E-state index in [4.69, 9.17) is 45.1 Å². The van der Waals surface area contributed by atoms with Crippen LogP contribution in [0.15, 0.2) is 43.1 Å². The average Bonchev–Trinajstić information content (AvgIpc) is 3.83. The van der Waals surface area contributed by atoms with E-state index in [0.717, 1.165) is 49.9 Å². The van der Waals surface area contributed by atoms with E-state index in [0.29, 0.717) is 86.9 Å². The maximum absolute atomic E-state index is 6.48. The highest BCUT2D eigenvalue weighted by Crippen LogP contribution is 2.36. The monoisotopic (exact) mass is 768 g/mol. The zero-order chi connectivity index (χ0) is 37.7. The predicted octanol–water partition coefficient (Wildman–Crippen LogP) is 5.23. The SMILES string of the molecule is COCCOCCOCCCOc1nn([C@H]2CC[C@H](N3C[C@@H](C)O[C@@H](C)C3)CC2)cc1Nc1ncc(-c2ccc(Cl)c(O[C@@H](C)Cn3cnnn3)c2)cn1. The van der Waals surface area contributed by atoms with Gasteiger partial charge in [-0.05, 0) is 74.6 Å². The van der Waals surface area contributed by atoms with Gasteiger partial charge in [0.25, 0.3) is 5.88 Å². The number of nitrogens with one attached hydrogen (secondary N) is 1. The van der Waals surface area contributed by atoms with E-state index in [2.05, 4.69) is 54.2 Å². The number of hydrogen-bond donors (Lipinski definition) is 1. The van der Waals surface area contributed by atoms with Crippen molar-refractivity contribution in [1.82, 2.24) is 44.9 Å². The first-order valence-electron chi connectivity index (χ1n) is 18.9. The van der Waals surface area contributed by atoms with E-state index in [-0.39, 0.29) is 24.4 Å². The number of aromatic nitrogens is 8. The number of methoxy groups -OCH3 is 1. The van der Waals surface area contributed by atoms with Gasteiger partial charge in [0.05, 0.1) is 69.0 Å². The van der Waals surface area contributed by atoms with Gasteiger partial charge >= 0.3 is 0 Å². The molecule has 3 aromatic heterocycles. The van der Waals surface area contributed by atoms with Crippen LogP contribution in [0.5, 0.6) is 11.6 Å². The average molecular weight is 769 g/mol. The number of hydrogen-bond acceptors (Lipinski definition) is 14. The van der Waals surface area contributed by atoms with E-state index in [1.807, 2.05) is 25.3 Å². The lowest BCUT2D eigenvalue weighted by Crippen LogP contribution is -2.51. The largest absolute Gasteiger partial charge is 0.487 e. The Kier molecular flexibility index (Phi) is 14.8. The minimum absolute atomic E-state index is 0.216. The Bertz CT molecular complexity index is 1680. The van der Waals surface area contributed by atoms with Gasteiger partial charge in [0.2, 0.25) is 5.95 Å². The zero-order valence-corrected chi connectivity index (χ0v) is 32.4. The van der Waals surface area contributed by atoms with Gasteiger partial charge in [-0.2, -0.15) is 0 Å². The quantitative estimate of drug-likeness (QED) is 0.117. The molecule has 1 aromatic carbocycles. The number of rotatable bonds is 20. The van der Waals surface area contributed by atoms with Gasteiger partial charge in [0, 0.05) is 57.2 Å². The molecule has 0 radical (unpaired) electrons. The van der Waals surface area contributed by atoms with Crippen molar-refractivity contribution in [3.05, 3.63) is 48.1 Å². The first-order chi connectivity index (χ1) is 26.3. The molecule has 17 heteroatoms. The summed E-state index contributed by atoms with van der Waals surface area (Å²) in [6.45, 7) is 11.9. The van der Waals surface area contributed by atoms with Gasteiger partial charge in [-0.3, -0.25) is 9.58 Å². The molecule has 2 aliphatic rings. The number of nitrogens with zero attached hydrogens (tertiary/aromatic N) is 9. The van der Waals surface area contributed by atoms with Crippen molar-refractivity contribution in [2.24, 2.45) is 0 Å². The Hall–Kier alpha value is -3.93. The molecule has 1 N–H and O–H groups in total. The van der Waals surface area contributed by atoms with E-state index < -0.39 is 0 Å². The fourth-order valence-corrected chi connectivity index (χ4v) is 7.13. The molecular formula is C37H53ClN10O6. The van der Waals surface area contributed by atoms with Crippen LogP contribution in [0.2, 0.25) is 5.02 Å². The Morgan fingerprint density at radius 1 is 0.926 bits per heavy atom. The molecule has 4 heterocycles. The van der Waals surface area contributed by atoms with Crippen LogP contribution < -0.4 is 14.8 Å². The van der Waals surface area contributed by atoms with Crippen LogP contribution in [0.4, 0.5) is 11.6 Å². The fraction of sp³-hybridized carbons (Fsp3) is 0.622. The molecule has 1 saturated carbocycles. The number of ether oxygens (including phenoxy) is 6. The van der Waals surface area contributed by atoms with Crippen LogP contribution in [0, 0.1) is 0 Å². The molecule has 4 aromatic rings. The summed E-state index contributed by atoms with van der Waals surface area (Å²) >= 11 is 6.48. The first kappa shape index (κ1) is 39.8. The first-order valence-corrected chi connectivity index (χ1v) is 19.2. The topological polar surface area (TPSA) is 158 Å². The molecule has 1 saturated heterocycles. The third-order valence-electron chi connectivity index (χ3n) is 9.50. The highest BCUT2D eigenvalue weighted by atomic mass is 35.5. The van der Waals surface area contributed by atoms with Gasteiger partial charge in [-0.25, -0.2) is 14.6 Å². The van der Waals surface area contributed by atoms with Gasteiger partial charge in [-0.1, -0.05) is 17.7 Å². The Morgan fingerprint density at radius 2 is 1.65 bits per heavy atom.